The smallest absolute Gasteiger partial charge is 0.0431 e. The van der Waals surface area contributed by atoms with E-state index >= 15 is 0 Å². The molecule has 0 aliphatic heterocycles. The van der Waals surface area contributed by atoms with Gasteiger partial charge in [0.25, 0.3) is 0 Å². The minimum atomic E-state index is 0.330. The van der Waals surface area contributed by atoms with Gasteiger partial charge in [0.05, 0.1) is 0 Å². The highest BCUT2D eigenvalue weighted by Gasteiger charge is 1.87. The zero-order valence-electron chi connectivity index (χ0n) is 6.35. The van der Waals surface area contributed by atoms with Crippen molar-refractivity contribution in [1.82, 2.24) is 0 Å². The van der Waals surface area contributed by atoms with Crippen molar-refractivity contribution in [2.75, 3.05) is 6.61 Å². The van der Waals surface area contributed by atoms with Crippen LogP contribution in [0.1, 0.15) is 33.1 Å². The third-order valence-electron chi connectivity index (χ3n) is 1.47. The van der Waals surface area contributed by atoms with E-state index in [1.54, 1.807) is 0 Å². The summed E-state index contributed by atoms with van der Waals surface area (Å²) in [5.41, 5.74) is 1.42. The molecule has 1 N–H and O–H groups in total. The van der Waals surface area contributed by atoms with Crippen molar-refractivity contribution in [2.24, 2.45) is 0 Å². The predicted octanol–water partition coefficient (Wildman–Crippen LogP) is 2.12. The van der Waals surface area contributed by atoms with Gasteiger partial charge in [-0.25, -0.2) is 0 Å². The van der Waals surface area contributed by atoms with Crippen molar-refractivity contribution in [3.8, 4) is 0 Å². The molecule has 54 valence electrons. The second-order valence-electron chi connectivity index (χ2n) is 2.32. The Balaban J connectivity index is 3.07. The molecule has 0 atom stereocenters. The second-order valence-corrected chi connectivity index (χ2v) is 2.32. The van der Waals surface area contributed by atoms with E-state index in [2.05, 4.69) is 13.0 Å². The SMILES string of the molecule is C/C=C(/C)CCCCO. The molecule has 0 saturated carbocycles. The van der Waals surface area contributed by atoms with Crippen molar-refractivity contribution in [3.05, 3.63) is 11.6 Å². The summed E-state index contributed by atoms with van der Waals surface area (Å²) in [5.74, 6) is 0. The number of unbranched alkanes of at least 4 members (excludes halogenated alkanes) is 1. The largest absolute Gasteiger partial charge is 0.396 e. The molecule has 0 unspecified atom stereocenters. The lowest BCUT2D eigenvalue weighted by Gasteiger charge is -1.96. The molecule has 0 spiro atoms. The molecule has 0 fully saturated rings. The van der Waals surface area contributed by atoms with Crippen LogP contribution in [0, 0.1) is 0 Å². The maximum Gasteiger partial charge on any atom is 0.0431 e. The van der Waals surface area contributed by atoms with Gasteiger partial charge in [-0.2, -0.15) is 0 Å². The van der Waals surface area contributed by atoms with Gasteiger partial charge < -0.3 is 5.11 Å². The zero-order chi connectivity index (χ0) is 7.11. The van der Waals surface area contributed by atoms with Gasteiger partial charge in [-0.15, -0.1) is 0 Å². The van der Waals surface area contributed by atoms with Crippen molar-refractivity contribution in [3.63, 3.8) is 0 Å². The maximum atomic E-state index is 8.43. The zero-order valence-corrected chi connectivity index (χ0v) is 6.35. The van der Waals surface area contributed by atoms with Gasteiger partial charge in [-0.3, -0.25) is 0 Å². The van der Waals surface area contributed by atoms with E-state index in [0.29, 0.717) is 6.61 Å². The van der Waals surface area contributed by atoms with E-state index in [4.69, 9.17) is 5.11 Å². The summed E-state index contributed by atoms with van der Waals surface area (Å²) in [6, 6.07) is 0. The summed E-state index contributed by atoms with van der Waals surface area (Å²) in [4.78, 5) is 0. The predicted molar refractivity (Wildman–Crippen MR) is 40.4 cm³/mol. The monoisotopic (exact) mass is 128 g/mol. The van der Waals surface area contributed by atoms with Crippen LogP contribution in [0.2, 0.25) is 0 Å². The minimum Gasteiger partial charge on any atom is -0.396 e. The first-order chi connectivity index (χ1) is 4.31. The normalized spacial score (nSPS) is 12.1. The lowest BCUT2D eigenvalue weighted by Crippen LogP contribution is -1.83. The number of hydrogen-bond acceptors (Lipinski definition) is 1. The van der Waals surface area contributed by atoms with Gasteiger partial charge in [0.2, 0.25) is 0 Å². The Kier molecular flexibility index (Phi) is 5.64. The molecule has 0 saturated heterocycles. The lowest BCUT2D eigenvalue weighted by atomic mass is 10.1. The highest BCUT2D eigenvalue weighted by atomic mass is 16.2. The molecule has 0 aliphatic rings. The first-order valence-corrected chi connectivity index (χ1v) is 3.54. The average Bonchev–Trinajstić information content (AvgIpc) is 1.89. The van der Waals surface area contributed by atoms with Gasteiger partial charge in [-0.1, -0.05) is 11.6 Å². The van der Waals surface area contributed by atoms with E-state index in [-0.39, 0.29) is 0 Å². The molecular weight excluding hydrogens is 112 g/mol. The molecule has 0 bridgehead atoms. The highest BCUT2D eigenvalue weighted by molar-refractivity contribution is 4.94. The Morgan fingerprint density at radius 1 is 1.44 bits per heavy atom. The van der Waals surface area contributed by atoms with Crippen molar-refractivity contribution in [2.45, 2.75) is 33.1 Å². The summed E-state index contributed by atoms with van der Waals surface area (Å²) in [5, 5.41) is 8.43. The fourth-order valence-electron chi connectivity index (χ4n) is 0.660. The number of allylic oxidation sites excluding steroid dienone is 2. The topological polar surface area (TPSA) is 20.2 Å². The summed E-state index contributed by atoms with van der Waals surface area (Å²) in [7, 11) is 0. The number of rotatable bonds is 4. The van der Waals surface area contributed by atoms with Crippen LogP contribution in [-0.2, 0) is 0 Å². The highest BCUT2D eigenvalue weighted by Crippen LogP contribution is 2.04. The van der Waals surface area contributed by atoms with Crippen LogP contribution in [0.25, 0.3) is 0 Å². The van der Waals surface area contributed by atoms with E-state index in [0.717, 1.165) is 19.3 Å². The number of aliphatic hydroxyl groups excluding tert-OH is 1. The fraction of sp³-hybridized carbons (Fsp3) is 0.750. The van der Waals surface area contributed by atoms with Crippen LogP contribution in [0.4, 0.5) is 0 Å². The standard InChI is InChI=1S/C8H16O/c1-3-8(2)6-4-5-7-9/h3,9H,4-7H2,1-2H3/b8-3-. The molecular formula is C8H16O. The molecule has 0 aromatic rings. The van der Waals surface area contributed by atoms with Gasteiger partial charge in [0.1, 0.15) is 0 Å². The van der Waals surface area contributed by atoms with Gasteiger partial charge in [0.15, 0.2) is 0 Å². The van der Waals surface area contributed by atoms with Gasteiger partial charge >= 0.3 is 0 Å². The Bertz CT molecular complexity index is 84.6. The first-order valence-electron chi connectivity index (χ1n) is 3.54. The van der Waals surface area contributed by atoms with E-state index in [1.165, 1.54) is 5.57 Å². The number of aliphatic hydroxyl groups is 1. The summed E-state index contributed by atoms with van der Waals surface area (Å²) >= 11 is 0. The van der Waals surface area contributed by atoms with Gasteiger partial charge in [0, 0.05) is 6.61 Å². The van der Waals surface area contributed by atoms with Crippen LogP contribution in [-0.4, -0.2) is 11.7 Å². The summed E-state index contributed by atoms with van der Waals surface area (Å²) in [6.07, 6.45) is 5.31. The molecule has 0 amide bonds. The molecule has 0 aliphatic carbocycles. The Morgan fingerprint density at radius 2 is 2.11 bits per heavy atom. The molecule has 0 heterocycles. The van der Waals surface area contributed by atoms with Crippen molar-refractivity contribution in [1.29, 1.82) is 0 Å². The molecule has 1 heteroatoms. The van der Waals surface area contributed by atoms with Crippen molar-refractivity contribution >= 4 is 0 Å². The number of hydrogen-bond donors (Lipinski definition) is 1. The molecule has 0 aromatic carbocycles. The fourth-order valence-corrected chi connectivity index (χ4v) is 0.660. The third-order valence-corrected chi connectivity index (χ3v) is 1.47. The lowest BCUT2D eigenvalue weighted by molar-refractivity contribution is 0.284. The third kappa shape index (κ3) is 5.57. The summed E-state index contributed by atoms with van der Waals surface area (Å²) in [6.45, 7) is 4.50. The molecule has 0 rings (SSSR count). The Hall–Kier alpha value is -0.300. The quantitative estimate of drug-likeness (QED) is 0.454. The Labute approximate surface area is 57.4 Å². The average molecular weight is 128 g/mol. The molecule has 9 heavy (non-hydrogen) atoms. The Morgan fingerprint density at radius 3 is 2.56 bits per heavy atom. The first kappa shape index (κ1) is 8.70. The summed E-state index contributed by atoms with van der Waals surface area (Å²) < 4.78 is 0. The van der Waals surface area contributed by atoms with Crippen LogP contribution < -0.4 is 0 Å². The van der Waals surface area contributed by atoms with Gasteiger partial charge in [-0.05, 0) is 33.1 Å². The maximum absolute atomic E-state index is 8.43. The second kappa shape index (κ2) is 5.83. The minimum absolute atomic E-state index is 0.330. The van der Waals surface area contributed by atoms with Crippen LogP contribution in [0.3, 0.4) is 0 Å². The van der Waals surface area contributed by atoms with E-state index in [9.17, 15) is 0 Å². The van der Waals surface area contributed by atoms with E-state index in [1.807, 2.05) is 6.92 Å². The van der Waals surface area contributed by atoms with Crippen LogP contribution in [0.5, 0.6) is 0 Å². The van der Waals surface area contributed by atoms with E-state index < -0.39 is 0 Å². The molecule has 1 nitrogen and oxygen atoms in total. The van der Waals surface area contributed by atoms with Crippen LogP contribution in [0.15, 0.2) is 11.6 Å². The molecule has 0 radical (unpaired) electrons. The van der Waals surface area contributed by atoms with Crippen LogP contribution >= 0.6 is 0 Å². The van der Waals surface area contributed by atoms with Crippen molar-refractivity contribution < 1.29 is 5.11 Å². The molecule has 0 aromatic heterocycles.